The molecule has 0 saturated carbocycles. The molecule has 0 aliphatic heterocycles. The standard InChI is InChI=1S/C22H27NO4/c1-16-6-4-8-22(18(16)3)26-15-19(24)12-23(13-20-7-5-11-25-20)14-21-10-9-17(2)27-21/h4-11,19,24H,12-15H2,1-3H3. The summed E-state index contributed by atoms with van der Waals surface area (Å²) in [5.41, 5.74) is 2.28. The third kappa shape index (κ3) is 5.49. The van der Waals surface area contributed by atoms with E-state index in [1.807, 2.05) is 50.2 Å². The van der Waals surface area contributed by atoms with E-state index in [1.54, 1.807) is 6.26 Å². The number of benzene rings is 1. The van der Waals surface area contributed by atoms with E-state index >= 15 is 0 Å². The van der Waals surface area contributed by atoms with Crippen LogP contribution in [0.1, 0.15) is 28.4 Å². The Morgan fingerprint density at radius 3 is 2.52 bits per heavy atom. The Kier molecular flexibility index (Phi) is 6.37. The third-order valence-corrected chi connectivity index (χ3v) is 4.59. The van der Waals surface area contributed by atoms with Gasteiger partial charge >= 0.3 is 0 Å². The maximum Gasteiger partial charge on any atom is 0.122 e. The first kappa shape index (κ1) is 19.3. The van der Waals surface area contributed by atoms with Gasteiger partial charge in [-0.2, -0.15) is 0 Å². The molecule has 0 saturated heterocycles. The molecule has 5 nitrogen and oxygen atoms in total. The van der Waals surface area contributed by atoms with Crippen molar-refractivity contribution >= 4 is 0 Å². The van der Waals surface area contributed by atoms with E-state index < -0.39 is 6.10 Å². The van der Waals surface area contributed by atoms with Gasteiger partial charge in [0.05, 0.1) is 19.4 Å². The summed E-state index contributed by atoms with van der Waals surface area (Å²) in [6, 6.07) is 13.6. The summed E-state index contributed by atoms with van der Waals surface area (Å²) in [6.45, 7) is 7.87. The van der Waals surface area contributed by atoms with Gasteiger partial charge in [-0.1, -0.05) is 12.1 Å². The molecule has 2 heterocycles. The summed E-state index contributed by atoms with van der Waals surface area (Å²) in [5.74, 6) is 3.40. The van der Waals surface area contributed by atoms with Crippen molar-refractivity contribution < 1.29 is 18.7 Å². The lowest BCUT2D eigenvalue weighted by Crippen LogP contribution is -2.35. The first-order valence-electron chi connectivity index (χ1n) is 9.18. The smallest absolute Gasteiger partial charge is 0.122 e. The molecule has 27 heavy (non-hydrogen) atoms. The molecule has 0 bridgehead atoms. The lowest BCUT2D eigenvalue weighted by molar-refractivity contribution is 0.0577. The van der Waals surface area contributed by atoms with E-state index in [0.717, 1.165) is 28.6 Å². The highest BCUT2D eigenvalue weighted by Crippen LogP contribution is 2.21. The van der Waals surface area contributed by atoms with Gasteiger partial charge in [0.25, 0.3) is 0 Å². The predicted octanol–water partition coefficient (Wildman–Crippen LogP) is 4.24. The van der Waals surface area contributed by atoms with Gasteiger partial charge in [-0.05, 0) is 62.2 Å². The van der Waals surface area contributed by atoms with Crippen LogP contribution >= 0.6 is 0 Å². The SMILES string of the molecule is Cc1ccc(CN(Cc2ccco2)CC(O)COc2cccc(C)c2C)o1. The Morgan fingerprint density at radius 1 is 1.00 bits per heavy atom. The summed E-state index contributed by atoms with van der Waals surface area (Å²) in [4.78, 5) is 2.09. The average molecular weight is 369 g/mol. The molecule has 1 aromatic carbocycles. The fourth-order valence-electron chi connectivity index (χ4n) is 3.02. The zero-order chi connectivity index (χ0) is 19.2. The van der Waals surface area contributed by atoms with Crippen molar-refractivity contribution in [3.63, 3.8) is 0 Å². The number of furan rings is 2. The van der Waals surface area contributed by atoms with Crippen LogP contribution in [0.5, 0.6) is 5.75 Å². The topological polar surface area (TPSA) is 59.0 Å². The molecule has 0 spiro atoms. The molecule has 3 aromatic rings. The number of hydrogen-bond acceptors (Lipinski definition) is 5. The normalized spacial score (nSPS) is 12.5. The lowest BCUT2D eigenvalue weighted by Gasteiger charge is -2.23. The molecule has 0 radical (unpaired) electrons. The van der Waals surface area contributed by atoms with Crippen LogP contribution in [0.3, 0.4) is 0 Å². The first-order chi connectivity index (χ1) is 13.0. The van der Waals surface area contributed by atoms with Gasteiger partial charge in [-0.3, -0.25) is 4.90 Å². The minimum Gasteiger partial charge on any atom is -0.491 e. The Balaban J connectivity index is 1.60. The van der Waals surface area contributed by atoms with Crippen LogP contribution in [-0.4, -0.2) is 29.3 Å². The number of nitrogens with zero attached hydrogens (tertiary/aromatic N) is 1. The van der Waals surface area contributed by atoms with Crippen molar-refractivity contribution in [3.05, 3.63) is 77.1 Å². The summed E-state index contributed by atoms with van der Waals surface area (Å²) in [6.07, 6.45) is 1.03. The molecule has 0 amide bonds. The highest BCUT2D eigenvalue weighted by atomic mass is 16.5. The minimum atomic E-state index is -0.629. The number of aliphatic hydroxyl groups is 1. The third-order valence-electron chi connectivity index (χ3n) is 4.59. The van der Waals surface area contributed by atoms with E-state index in [1.165, 1.54) is 5.56 Å². The lowest BCUT2D eigenvalue weighted by atomic mass is 10.1. The fraction of sp³-hybridized carbons (Fsp3) is 0.364. The number of rotatable bonds is 9. The monoisotopic (exact) mass is 369 g/mol. The van der Waals surface area contributed by atoms with Crippen LogP contribution in [0, 0.1) is 20.8 Å². The largest absolute Gasteiger partial charge is 0.491 e. The number of hydrogen-bond donors (Lipinski definition) is 1. The van der Waals surface area contributed by atoms with E-state index in [4.69, 9.17) is 13.6 Å². The van der Waals surface area contributed by atoms with Gasteiger partial charge in [-0.25, -0.2) is 0 Å². The average Bonchev–Trinajstić information content (AvgIpc) is 3.28. The molecule has 3 rings (SSSR count). The van der Waals surface area contributed by atoms with E-state index in [9.17, 15) is 5.11 Å². The van der Waals surface area contributed by atoms with Crippen LogP contribution in [0.15, 0.2) is 57.6 Å². The van der Waals surface area contributed by atoms with Crippen LogP contribution in [0.2, 0.25) is 0 Å². The summed E-state index contributed by atoms with van der Waals surface area (Å²) in [5, 5.41) is 10.5. The maximum atomic E-state index is 10.5. The molecule has 5 heteroatoms. The van der Waals surface area contributed by atoms with Crippen LogP contribution in [-0.2, 0) is 13.1 Å². The molecule has 1 atom stereocenters. The van der Waals surface area contributed by atoms with Crippen LogP contribution in [0.25, 0.3) is 0 Å². The van der Waals surface area contributed by atoms with Crippen molar-refractivity contribution in [2.24, 2.45) is 0 Å². The van der Waals surface area contributed by atoms with E-state index in [2.05, 4.69) is 17.9 Å². The van der Waals surface area contributed by atoms with Crippen LogP contribution in [0.4, 0.5) is 0 Å². The molecule has 0 aliphatic carbocycles. The van der Waals surface area contributed by atoms with E-state index in [0.29, 0.717) is 19.6 Å². The van der Waals surface area contributed by atoms with Gasteiger partial charge in [-0.15, -0.1) is 0 Å². The summed E-state index contributed by atoms with van der Waals surface area (Å²) < 4.78 is 17.0. The van der Waals surface area contributed by atoms with Gasteiger partial charge in [0.1, 0.15) is 35.7 Å². The van der Waals surface area contributed by atoms with Gasteiger partial charge in [0.15, 0.2) is 0 Å². The number of aliphatic hydroxyl groups excluding tert-OH is 1. The predicted molar refractivity (Wildman–Crippen MR) is 104 cm³/mol. The second-order valence-electron chi connectivity index (χ2n) is 6.92. The Hall–Kier alpha value is -2.50. The molecular weight excluding hydrogens is 342 g/mol. The van der Waals surface area contributed by atoms with Gasteiger partial charge in [0.2, 0.25) is 0 Å². The molecule has 0 aliphatic rings. The van der Waals surface area contributed by atoms with Crippen molar-refractivity contribution in [3.8, 4) is 5.75 Å². The van der Waals surface area contributed by atoms with Crippen molar-refractivity contribution in [2.45, 2.75) is 40.0 Å². The zero-order valence-corrected chi connectivity index (χ0v) is 16.1. The molecule has 144 valence electrons. The zero-order valence-electron chi connectivity index (χ0n) is 16.1. The number of ether oxygens (including phenoxy) is 1. The quantitative estimate of drug-likeness (QED) is 0.611. The van der Waals surface area contributed by atoms with Gasteiger partial charge < -0.3 is 18.7 Å². The van der Waals surface area contributed by atoms with Crippen molar-refractivity contribution in [1.82, 2.24) is 4.90 Å². The molecule has 1 N–H and O–H groups in total. The fourth-order valence-corrected chi connectivity index (χ4v) is 3.02. The summed E-state index contributed by atoms with van der Waals surface area (Å²) >= 11 is 0. The maximum absolute atomic E-state index is 10.5. The Bertz CT molecular complexity index is 838. The molecule has 2 aromatic heterocycles. The molecule has 1 unspecified atom stereocenters. The summed E-state index contributed by atoms with van der Waals surface area (Å²) in [7, 11) is 0. The highest BCUT2D eigenvalue weighted by Gasteiger charge is 2.17. The van der Waals surface area contributed by atoms with Crippen molar-refractivity contribution in [1.29, 1.82) is 0 Å². The second-order valence-corrected chi connectivity index (χ2v) is 6.92. The highest BCUT2D eigenvalue weighted by molar-refractivity contribution is 5.38. The molecular formula is C22H27NO4. The minimum absolute atomic E-state index is 0.232. The van der Waals surface area contributed by atoms with Gasteiger partial charge in [0, 0.05) is 6.54 Å². The number of aryl methyl sites for hydroxylation is 2. The second kappa shape index (κ2) is 8.93. The van der Waals surface area contributed by atoms with E-state index in [-0.39, 0.29) is 6.61 Å². The Labute approximate surface area is 160 Å². The van der Waals surface area contributed by atoms with Crippen molar-refractivity contribution in [2.75, 3.05) is 13.2 Å². The Morgan fingerprint density at radius 2 is 1.81 bits per heavy atom. The van der Waals surface area contributed by atoms with Crippen LogP contribution < -0.4 is 4.74 Å². The molecule has 0 fully saturated rings. The first-order valence-corrected chi connectivity index (χ1v) is 9.18.